The van der Waals surface area contributed by atoms with E-state index in [-0.39, 0.29) is 0 Å². The van der Waals surface area contributed by atoms with Crippen molar-refractivity contribution in [1.29, 1.82) is 0 Å². The first-order valence-corrected chi connectivity index (χ1v) is 25.4. The number of aromatic nitrogens is 2. The van der Waals surface area contributed by atoms with Crippen molar-refractivity contribution in [2.24, 2.45) is 0 Å². The highest BCUT2D eigenvalue weighted by Crippen LogP contribution is 2.64. The second kappa shape index (κ2) is 16.5. The van der Waals surface area contributed by atoms with Crippen LogP contribution in [0.1, 0.15) is 36.1 Å². The minimum absolute atomic E-state index is 0.607. The molecule has 0 saturated heterocycles. The number of nitrogens with zero attached hydrogens (tertiary/aromatic N) is 4. The van der Waals surface area contributed by atoms with Crippen molar-refractivity contribution in [3.05, 3.63) is 241 Å². The Morgan fingerprint density at radius 3 is 1.08 bits per heavy atom. The van der Waals surface area contributed by atoms with Gasteiger partial charge < -0.3 is 28.4 Å². The number of methoxy groups -OCH3 is 2. The summed E-state index contributed by atoms with van der Waals surface area (Å²) < 4.78 is 16.2. The zero-order valence-corrected chi connectivity index (χ0v) is 41.3. The van der Waals surface area contributed by atoms with Crippen LogP contribution < -0.4 is 19.3 Å². The van der Waals surface area contributed by atoms with Gasteiger partial charge in [0, 0.05) is 80.9 Å². The van der Waals surface area contributed by atoms with Crippen LogP contribution in [0, 0.1) is 0 Å². The smallest absolute Gasteiger partial charge is 0.120 e. The second-order valence-electron chi connectivity index (χ2n) is 19.3. The van der Waals surface area contributed by atoms with Crippen molar-refractivity contribution in [2.75, 3.05) is 24.0 Å². The molecule has 2 heterocycles. The number of fused-ring (bicyclic) bond motifs is 16. The van der Waals surface area contributed by atoms with E-state index in [9.17, 15) is 0 Å². The third-order valence-corrected chi connectivity index (χ3v) is 15.9. The standard InChI is InChI=1S/C67H52N4O2/c1-5-68-63-39-47(27-33-55(63)57-35-29-49(72-3)41-65(57)68)70(43-17-9-7-10-18-43)45-25-31-53-54-32-26-46(38-62(54)67(61(53)37-45)59-23-15-13-21-51(59)52-22-14-16-24-60(52)67)71(44-19-11-8-12-20-44)48-28-34-56-58-36-30-50(73-4)42-66(58)69(6-2)64(56)40-48/h7-42H,5-6H2,1-4H3. The van der Waals surface area contributed by atoms with E-state index in [4.69, 9.17) is 9.47 Å². The van der Waals surface area contributed by atoms with Gasteiger partial charge in [-0.05, 0) is 155 Å². The first-order valence-electron chi connectivity index (χ1n) is 25.4. The Bertz CT molecular complexity index is 3900. The number of ether oxygens (including phenoxy) is 2. The average molecular weight is 945 g/mol. The van der Waals surface area contributed by atoms with Gasteiger partial charge in [-0.25, -0.2) is 0 Å². The molecule has 2 aromatic heterocycles. The molecule has 2 aliphatic carbocycles. The fraction of sp³-hybridized carbons (Fsp3) is 0.104. The lowest BCUT2D eigenvalue weighted by molar-refractivity contribution is 0.415. The SMILES string of the molecule is CCn1c2cc(OC)ccc2c2ccc(N(c3ccccc3)c3ccc4c(c3)C3(c5ccccc5-c5ccccc53)c3cc(N(c5ccccc5)c5ccc6c7ccc(OC)cc7n(CC)c6c5)ccc3-4)cc21. The molecule has 2 aliphatic rings. The molecule has 0 amide bonds. The van der Waals surface area contributed by atoms with Gasteiger partial charge in [0.1, 0.15) is 11.5 Å². The molecule has 0 N–H and O–H groups in total. The Labute approximate surface area is 425 Å². The lowest BCUT2D eigenvalue weighted by Gasteiger charge is -2.33. The zero-order valence-electron chi connectivity index (χ0n) is 41.3. The average Bonchev–Trinajstić information content (AvgIpc) is 4.14. The Morgan fingerprint density at radius 1 is 0.329 bits per heavy atom. The first-order chi connectivity index (χ1) is 36.0. The van der Waals surface area contributed by atoms with Crippen LogP contribution in [0.15, 0.2) is 218 Å². The van der Waals surface area contributed by atoms with E-state index in [2.05, 4.69) is 251 Å². The number of hydrogen-bond donors (Lipinski definition) is 0. The number of anilines is 6. The highest BCUT2D eigenvalue weighted by molar-refractivity contribution is 6.11. The summed E-state index contributed by atoms with van der Waals surface area (Å²) in [6.07, 6.45) is 0. The molecule has 352 valence electrons. The van der Waals surface area contributed by atoms with E-state index in [1.807, 2.05) is 0 Å². The summed E-state index contributed by atoms with van der Waals surface area (Å²) in [7, 11) is 3.48. The van der Waals surface area contributed by atoms with Gasteiger partial charge in [-0.15, -0.1) is 0 Å². The van der Waals surface area contributed by atoms with Gasteiger partial charge >= 0.3 is 0 Å². The number of rotatable bonds is 10. The summed E-state index contributed by atoms with van der Waals surface area (Å²) in [5.74, 6) is 1.72. The van der Waals surface area contributed by atoms with Crippen LogP contribution in [0.5, 0.6) is 11.5 Å². The van der Waals surface area contributed by atoms with E-state index < -0.39 is 5.41 Å². The third-order valence-electron chi connectivity index (χ3n) is 15.9. The van der Waals surface area contributed by atoms with E-state index in [1.165, 1.54) is 88.1 Å². The van der Waals surface area contributed by atoms with Gasteiger partial charge in [-0.1, -0.05) is 109 Å². The summed E-state index contributed by atoms with van der Waals surface area (Å²) in [6.45, 7) is 6.11. The first kappa shape index (κ1) is 42.8. The summed E-state index contributed by atoms with van der Waals surface area (Å²) in [5, 5.41) is 4.91. The number of aryl methyl sites for hydroxylation is 2. The molecule has 14 rings (SSSR count). The van der Waals surface area contributed by atoms with Crippen LogP contribution in [0.25, 0.3) is 65.9 Å². The molecule has 0 radical (unpaired) electrons. The maximum atomic E-state index is 5.71. The van der Waals surface area contributed by atoms with Gasteiger partial charge in [0.05, 0.1) is 41.7 Å². The van der Waals surface area contributed by atoms with Gasteiger partial charge in [0.2, 0.25) is 0 Å². The quantitative estimate of drug-likeness (QED) is 0.137. The molecule has 73 heavy (non-hydrogen) atoms. The molecule has 0 saturated carbocycles. The topological polar surface area (TPSA) is 34.8 Å². The Balaban J connectivity index is 0.993. The number of para-hydroxylation sites is 2. The lowest BCUT2D eigenvalue weighted by Crippen LogP contribution is -2.26. The second-order valence-corrected chi connectivity index (χ2v) is 19.3. The molecule has 0 fully saturated rings. The number of hydrogen-bond acceptors (Lipinski definition) is 4. The predicted molar refractivity (Wildman–Crippen MR) is 303 cm³/mol. The lowest BCUT2D eigenvalue weighted by atomic mass is 9.70. The van der Waals surface area contributed by atoms with Gasteiger partial charge in [-0.2, -0.15) is 0 Å². The molecule has 10 aromatic carbocycles. The monoisotopic (exact) mass is 944 g/mol. The van der Waals surface area contributed by atoms with Crippen molar-refractivity contribution < 1.29 is 9.47 Å². The highest BCUT2D eigenvalue weighted by atomic mass is 16.5. The fourth-order valence-corrected chi connectivity index (χ4v) is 12.8. The molecule has 0 aliphatic heterocycles. The van der Waals surface area contributed by atoms with Crippen LogP contribution in [0.2, 0.25) is 0 Å². The van der Waals surface area contributed by atoms with Crippen molar-refractivity contribution in [2.45, 2.75) is 32.4 Å². The molecular weight excluding hydrogens is 893 g/mol. The van der Waals surface area contributed by atoms with Crippen molar-refractivity contribution in [3.8, 4) is 33.8 Å². The van der Waals surface area contributed by atoms with E-state index in [1.54, 1.807) is 14.2 Å². The van der Waals surface area contributed by atoms with Crippen molar-refractivity contribution >= 4 is 77.7 Å². The fourth-order valence-electron chi connectivity index (χ4n) is 12.8. The van der Waals surface area contributed by atoms with Crippen molar-refractivity contribution in [1.82, 2.24) is 9.13 Å². The van der Waals surface area contributed by atoms with Crippen LogP contribution in [-0.2, 0) is 18.5 Å². The van der Waals surface area contributed by atoms with E-state index >= 15 is 0 Å². The van der Waals surface area contributed by atoms with Crippen LogP contribution in [0.4, 0.5) is 34.1 Å². The minimum Gasteiger partial charge on any atom is -0.497 e. The summed E-state index contributed by atoms with van der Waals surface area (Å²) in [4.78, 5) is 4.87. The maximum Gasteiger partial charge on any atom is 0.120 e. The molecule has 6 heteroatoms. The molecule has 0 unspecified atom stereocenters. The maximum absolute atomic E-state index is 5.71. The molecule has 0 atom stereocenters. The van der Waals surface area contributed by atoms with Crippen molar-refractivity contribution in [3.63, 3.8) is 0 Å². The Morgan fingerprint density at radius 2 is 0.671 bits per heavy atom. The van der Waals surface area contributed by atoms with E-state index in [0.29, 0.717) is 0 Å². The molecule has 6 nitrogen and oxygen atoms in total. The van der Waals surface area contributed by atoms with Gasteiger partial charge in [0.15, 0.2) is 0 Å². The Hall–Kier alpha value is -9.00. The van der Waals surface area contributed by atoms with Gasteiger partial charge in [0.25, 0.3) is 0 Å². The largest absolute Gasteiger partial charge is 0.497 e. The zero-order chi connectivity index (χ0) is 49.0. The molecule has 0 bridgehead atoms. The summed E-state index contributed by atoms with van der Waals surface area (Å²) in [6, 6.07) is 81.0. The molecule has 1 spiro atoms. The normalized spacial score (nSPS) is 12.9. The predicted octanol–water partition coefficient (Wildman–Crippen LogP) is 17.2. The van der Waals surface area contributed by atoms with Crippen LogP contribution in [0.3, 0.4) is 0 Å². The van der Waals surface area contributed by atoms with Crippen LogP contribution >= 0.6 is 0 Å². The highest BCUT2D eigenvalue weighted by Gasteiger charge is 2.52. The summed E-state index contributed by atoms with van der Waals surface area (Å²) in [5.41, 5.74) is 20.9. The van der Waals surface area contributed by atoms with Crippen LogP contribution in [-0.4, -0.2) is 23.4 Å². The minimum atomic E-state index is -0.607. The number of benzene rings is 10. The van der Waals surface area contributed by atoms with E-state index in [0.717, 1.165) is 58.7 Å². The summed E-state index contributed by atoms with van der Waals surface area (Å²) >= 11 is 0. The Kier molecular flexibility index (Phi) is 9.71. The molecular formula is C67H52N4O2. The molecule has 12 aromatic rings. The van der Waals surface area contributed by atoms with Gasteiger partial charge in [-0.3, -0.25) is 0 Å². The third kappa shape index (κ3) is 6.16.